The number of ether oxygens (including phenoxy) is 2. The molecule has 0 fully saturated rings. The van der Waals surface area contributed by atoms with E-state index in [2.05, 4.69) is 14.7 Å². The van der Waals surface area contributed by atoms with E-state index in [9.17, 15) is 20.7 Å². The van der Waals surface area contributed by atoms with Crippen molar-refractivity contribution in [3.8, 4) is 22.6 Å². The lowest BCUT2D eigenvalue weighted by Crippen LogP contribution is -2.23. The molecule has 4 rings (SSSR count). The molecule has 0 amide bonds. The second-order valence-electron chi connectivity index (χ2n) is 8.43. The molecule has 216 valence electrons. The van der Waals surface area contributed by atoms with Crippen LogP contribution >= 0.6 is 23.2 Å². The topological polar surface area (TPSA) is 177 Å². The minimum absolute atomic E-state index is 0.0610. The van der Waals surface area contributed by atoms with Crippen LogP contribution in [0.25, 0.3) is 11.1 Å². The van der Waals surface area contributed by atoms with Gasteiger partial charge in [0.05, 0.1) is 32.6 Å². The highest BCUT2D eigenvalue weighted by Gasteiger charge is 2.20. The Morgan fingerprint density at radius 2 is 1.63 bits per heavy atom. The van der Waals surface area contributed by atoms with E-state index in [1.165, 1.54) is 7.11 Å². The zero-order valence-electron chi connectivity index (χ0n) is 21.1. The fourth-order valence-corrected chi connectivity index (χ4v) is 5.70. The van der Waals surface area contributed by atoms with Crippen molar-refractivity contribution in [2.45, 2.75) is 22.9 Å². The van der Waals surface area contributed by atoms with Gasteiger partial charge in [-0.3, -0.25) is 0 Å². The van der Waals surface area contributed by atoms with Crippen LogP contribution in [0.3, 0.4) is 0 Å². The Hall–Kier alpha value is -3.69. The maximum Gasteiger partial charge on any atom is 0.332 e. The normalized spacial score (nSPS) is 11.8. The van der Waals surface area contributed by atoms with Crippen molar-refractivity contribution in [3.63, 3.8) is 0 Å². The van der Waals surface area contributed by atoms with Crippen molar-refractivity contribution in [1.29, 1.82) is 0 Å². The zero-order chi connectivity index (χ0) is 29.9. The van der Waals surface area contributed by atoms with Gasteiger partial charge in [-0.1, -0.05) is 41.4 Å². The van der Waals surface area contributed by atoms with Crippen molar-refractivity contribution < 1.29 is 30.2 Å². The summed E-state index contributed by atoms with van der Waals surface area (Å²) in [6.45, 7) is -0.283. The molecule has 0 aliphatic heterocycles. The molecule has 0 aliphatic carbocycles. The monoisotopic (exact) mass is 641 g/mol. The number of nitrogen functional groups attached to an aromatic ring is 2. The molecule has 0 aliphatic rings. The molecule has 16 heteroatoms. The molecule has 3 aromatic carbocycles. The first-order valence-corrected chi connectivity index (χ1v) is 15.1. The summed E-state index contributed by atoms with van der Waals surface area (Å²) in [7, 11) is -7.84. The third-order valence-electron chi connectivity index (χ3n) is 5.69. The largest absolute Gasteiger partial charge is 0.493 e. The fourth-order valence-electron chi connectivity index (χ4n) is 3.76. The van der Waals surface area contributed by atoms with Crippen LogP contribution in [0, 0.1) is 0 Å². The van der Waals surface area contributed by atoms with Gasteiger partial charge in [-0.2, -0.15) is 13.4 Å². The van der Waals surface area contributed by atoms with Gasteiger partial charge in [0.1, 0.15) is 12.4 Å². The Balaban J connectivity index is 1.53. The molecule has 1 heterocycles. The predicted octanol–water partition coefficient (Wildman–Crippen LogP) is 4.34. The molecule has 11 nitrogen and oxygen atoms in total. The van der Waals surface area contributed by atoms with Gasteiger partial charge >= 0.3 is 10.2 Å². The zero-order valence-corrected chi connectivity index (χ0v) is 24.3. The van der Waals surface area contributed by atoms with Crippen LogP contribution in [-0.4, -0.2) is 33.9 Å². The van der Waals surface area contributed by atoms with Gasteiger partial charge in [0.25, 0.3) is 0 Å². The number of sulfonamides is 1. The number of hydrogen-bond donors (Lipinski definition) is 3. The predicted molar refractivity (Wildman–Crippen MR) is 152 cm³/mol. The molecule has 4 aromatic rings. The molecular weight excluding hydrogens is 620 g/mol. The molecule has 41 heavy (non-hydrogen) atoms. The molecule has 5 N–H and O–H groups in total. The fraction of sp³-hybridized carbons (Fsp3) is 0.120. The first-order chi connectivity index (χ1) is 19.3. The third kappa shape index (κ3) is 7.15. The molecule has 0 unspecified atom stereocenters. The van der Waals surface area contributed by atoms with Gasteiger partial charge in [0, 0.05) is 12.1 Å². The van der Waals surface area contributed by atoms with Crippen molar-refractivity contribution in [1.82, 2.24) is 14.7 Å². The maximum absolute atomic E-state index is 13.3. The standard InChI is InChI=1S/C25H22Cl2FN5O6S2/c1-38-22-9-14(12-31-41(36,37)17-4-2-3-16(11-17)40(28,34)35)5-8-21(22)39-13-20-23(24(29)33-25(30)32-20)15-6-7-18(26)19(27)10-15/h2-11,31H,12-13H2,1H3,(H4,29,30,32,33). The number of rotatable bonds is 10. The highest BCUT2D eigenvalue weighted by atomic mass is 35.5. The number of nitrogens with one attached hydrogen (secondary N) is 1. The van der Waals surface area contributed by atoms with Crippen LogP contribution in [0.15, 0.2) is 70.5 Å². The van der Waals surface area contributed by atoms with Crippen LogP contribution < -0.4 is 25.7 Å². The highest BCUT2D eigenvalue weighted by molar-refractivity contribution is 7.89. The lowest BCUT2D eigenvalue weighted by atomic mass is 10.0. The summed E-state index contributed by atoms with van der Waals surface area (Å²) in [5.74, 6) is 0.627. The highest BCUT2D eigenvalue weighted by Crippen LogP contribution is 2.35. The summed E-state index contributed by atoms with van der Waals surface area (Å²) in [6, 6.07) is 13.6. The molecule has 0 radical (unpaired) electrons. The molecule has 0 saturated carbocycles. The SMILES string of the molecule is COc1cc(CNS(=O)(=O)c2cccc(S(=O)(=O)F)c2)ccc1OCc1nc(N)nc(N)c1-c1ccc(Cl)c(Cl)c1. The van der Waals surface area contributed by atoms with E-state index in [0.717, 1.165) is 24.3 Å². The number of hydrogen-bond acceptors (Lipinski definition) is 10. The van der Waals surface area contributed by atoms with Crippen LogP contribution in [0.4, 0.5) is 15.7 Å². The number of benzene rings is 3. The van der Waals surface area contributed by atoms with E-state index in [1.54, 1.807) is 36.4 Å². The van der Waals surface area contributed by atoms with E-state index < -0.39 is 30.0 Å². The first-order valence-electron chi connectivity index (χ1n) is 11.5. The summed E-state index contributed by atoms with van der Waals surface area (Å²) in [5.41, 5.74) is 13.8. The van der Waals surface area contributed by atoms with Crippen molar-refractivity contribution in [2.75, 3.05) is 18.6 Å². The van der Waals surface area contributed by atoms with E-state index >= 15 is 0 Å². The van der Waals surface area contributed by atoms with Crippen LogP contribution in [0.1, 0.15) is 11.3 Å². The third-order valence-corrected chi connectivity index (χ3v) is 8.65. The molecular formula is C25H22Cl2FN5O6S2. The number of methoxy groups -OCH3 is 1. The van der Waals surface area contributed by atoms with Gasteiger partial charge in [-0.15, -0.1) is 3.89 Å². The number of halogens is 3. The van der Waals surface area contributed by atoms with Crippen LogP contribution in [-0.2, 0) is 33.4 Å². The van der Waals surface area contributed by atoms with Crippen molar-refractivity contribution >= 4 is 55.2 Å². The van der Waals surface area contributed by atoms with Gasteiger partial charge in [0.15, 0.2) is 11.5 Å². The Bertz CT molecular complexity index is 1840. The second kappa shape index (κ2) is 12.0. The van der Waals surface area contributed by atoms with Gasteiger partial charge in [-0.05, 0) is 53.6 Å². The lowest BCUT2D eigenvalue weighted by molar-refractivity contribution is 0.281. The van der Waals surface area contributed by atoms with E-state index in [4.69, 9.17) is 44.1 Å². The Kier molecular flexibility index (Phi) is 8.89. The summed E-state index contributed by atoms with van der Waals surface area (Å²) < 4.78 is 74.7. The second-order valence-corrected chi connectivity index (χ2v) is 12.4. The Morgan fingerprint density at radius 3 is 2.32 bits per heavy atom. The minimum atomic E-state index is -5.07. The Morgan fingerprint density at radius 1 is 0.902 bits per heavy atom. The Labute approximate surface area is 245 Å². The number of nitrogens with zero attached hydrogens (tertiary/aromatic N) is 2. The summed E-state index contributed by atoms with van der Waals surface area (Å²) in [4.78, 5) is 7.11. The van der Waals surface area contributed by atoms with E-state index in [1.807, 2.05) is 0 Å². The quantitative estimate of drug-likeness (QED) is 0.211. The van der Waals surface area contributed by atoms with Gasteiger partial charge in [-0.25, -0.2) is 18.1 Å². The maximum atomic E-state index is 13.3. The first kappa shape index (κ1) is 30.3. The number of aromatic nitrogens is 2. The molecule has 0 atom stereocenters. The average Bonchev–Trinajstić information content (AvgIpc) is 2.92. The minimum Gasteiger partial charge on any atom is -0.493 e. The van der Waals surface area contributed by atoms with Crippen LogP contribution in [0.5, 0.6) is 11.5 Å². The lowest BCUT2D eigenvalue weighted by Gasteiger charge is -2.16. The van der Waals surface area contributed by atoms with Crippen molar-refractivity contribution in [2.24, 2.45) is 0 Å². The van der Waals surface area contributed by atoms with Crippen LogP contribution in [0.2, 0.25) is 10.0 Å². The molecule has 0 bridgehead atoms. The number of anilines is 2. The smallest absolute Gasteiger partial charge is 0.332 e. The average molecular weight is 643 g/mol. The van der Waals surface area contributed by atoms with Crippen molar-refractivity contribution in [3.05, 3.63) is 82.0 Å². The van der Waals surface area contributed by atoms with Gasteiger partial charge < -0.3 is 20.9 Å². The molecule has 1 aromatic heterocycles. The number of nitrogens with two attached hydrogens (primary N) is 2. The summed E-state index contributed by atoms with van der Waals surface area (Å²) >= 11 is 12.2. The molecule has 0 saturated heterocycles. The molecule has 0 spiro atoms. The van der Waals surface area contributed by atoms with E-state index in [-0.39, 0.29) is 30.7 Å². The van der Waals surface area contributed by atoms with E-state index in [0.29, 0.717) is 38.2 Å². The summed E-state index contributed by atoms with van der Waals surface area (Å²) in [5, 5.41) is 0.664. The summed E-state index contributed by atoms with van der Waals surface area (Å²) in [6.07, 6.45) is 0. The van der Waals surface area contributed by atoms with Gasteiger partial charge in [0.2, 0.25) is 16.0 Å².